The normalized spacial score (nSPS) is 38.8. The second kappa shape index (κ2) is 15.8. The molecular formula is C46H80O4. The van der Waals surface area contributed by atoms with Crippen molar-refractivity contribution in [2.45, 2.75) is 222 Å². The molecule has 5 rings (SSSR count). The zero-order chi connectivity index (χ0) is 36.4. The summed E-state index contributed by atoms with van der Waals surface area (Å²) in [4.78, 5) is 13.2. The summed E-state index contributed by atoms with van der Waals surface area (Å²) >= 11 is 0. The number of ether oxygens (including phenoxy) is 1. The highest BCUT2D eigenvalue weighted by Gasteiger charge is 2.69. The van der Waals surface area contributed by atoms with Crippen molar-refractivity contribution in [3.63, 3.8) is 0 Å². The highest BCUT2D eigenvalue weighted by molar-refractivity contribution is 5.69. The SMILES string of the molecule is CCCCCCCCCCCCCCCC(=O)OC1CCC2(C)C(CCC3(C)C2CCC2=C4CC(C)(C)CCC4(CO)C(O)CC23C)C1(C)C. The van der Waals surface area contributed by atoms with Gasteiger partial charge in [-0.3, -0.25) is 4.79 Å². The van der Waals surface area contributed by atoms with Gasteiger partial charge in [0.05, 0.1) is 12.7 Å². The number of allylic oxidation sites excluding steroid dienone is 1. The van der Waals surface area contributed by atoms with E-state index in [0.29, 0.717) is 18.3 Å². The molecule has 0 radical (unpaired) electrons. The largest absolute Gasteiger partial charge is 0.462 e. The van der Waals surface area contributed by atoms with E-state index in [9.17, 15) is 15.0 Å². The van der Waals surface area contributed by atoms with Gasteiger partial charge in [0, 0.05) is 17.3 Å². The average molecular weight is 697 g/mol. The van der Waals surface area contributed by atoms with Crippen molar-refractivity contribution in [1.82, 2.24) is 0 Å². The molecule has 0 aromatic heterocycles. The fourth-order valence-electron chi connectivity index (χ4n) is 13.4. The number of hydrogen-bond acceptors (Lipinski definition) is 4. The number of aliphatic hydroxyl groups is 2. The molecule has 4 nitrogen and oxygen atoms in total. The van der Waals surface area contributed by atoms with Gasteiger partial charge in [-0.2, -0.15) is 0 Å². The van der Waals surface area contributed by atoms with Crippen LogP contribution in [-0.4, -0.2) is 35.0 Å². The molecule has 0 aromatic rings. The second-order valence-electron chi connectivity index (χ2n) is 20.6. The zero-order valence-electron chi connectivity index (χ0n) is 34.2. The Kier molecular flexibility index (Phi) is 12.8. The van der Waals surface area contributed by atoms with Gasteiger partial charge >= 0.3 is 5.97 Å². The van der Waals surface area contributed by atoms with E-state index in [4.69, 9.17) is 4.74 Å². The predicted molar refractivity (Wildman–Crippen MR) is 208 cm³/mol. The van der Waals surface area contributed by atoms with Crippen LogP contribution >= 0.6 is 0 Å². The van der Waals surface area contributed by atoms with Crippen LogP contribution in [0, 0.1) is 44.3 Å². The Morgan fingerprint density at radius 2 is 1.32 bits per heavy atom. The van der Waals surface area contributed by atoms with Crippen LogP contribution in [0.2, 0.25) is 0 Å². The van der Waals surface area contributed by atoms with Crippen molar-refractivity contribution in [2.75, 3.05) is 6.61 Å². The van der Waals surface area contributed by atoms with E-state index in [-0.39, 0.29) is 45.8 Å². The molecule has 0 bridgehead atoms. The summed E-state index contributed by atoms with van der Waals surface area (Å²) in [5, 5.41) is 22.8. The summed E-state index contributed by atoms with van der Waals surface area (Å²) in [5.41, 5.74) is 3.02. The maximum Gasteiger partial charge on any atom is 0.306 e. The predicted octanol–water partition coefficient (Wildman–Crippen LogP) is 12.3. The molecule has 0 aromatic carbocycles. The monoisotopic (exact) mass is 697 g/mol. The number of fused-ring (bicyclic) bond motifs is 6. The number of aliphatic hydroxyl groups excluding tert-OH is 2. The van der Waals surface area contributed by atoms with Crippen LogP contribution in [0.25, 0.3) is 0 Å². The van der Waals surface area contributed by atoms with Crippen LogP contribution in [0.1, 0.15) is 209 Å². The fourth-order valence-corrected chi connectivity index (χ4v) is 13.4. The molecule has 8 unspecified atom stereocenters. The molecule has 5 aliphatic rings. The van der Waals surface area contributed by atoms with Crippen molar-refractivity contribution in [3.8, 4) is 0 Å². The minimum atomic E-state index is -0.477. The van der Waals surface area contributed by atoms with Crippen LogP contribution in [0.3, 0.4) is 0 Å². The number of rotatable bonds is 16. The molecule has 0 amide bonds. The standard InChI is InChI=1S/C46H80O4/c1-9-10-11-12-13-14-15-16-17-18-19-20-21-22-40(49)50-39-26-27-43(6)36(42(39,4)5)25-28-44(7)37(43)24-23-34-35-31-41(2,3)29-30-46(35,33-47)38(48)32-45(34,44)8/h36-39,47-48H,9-33H2,1-8H3. The minimum Gasteiger partial charge on any atom is -0.462 e. The van der Waals surface area contributed by atoms with Crippen molar-refractivity contribution >= 4 is 5.97 Å². The average Bonchev–Trinajstić information content (AvgIpc) is 3.05. The molecule has 0 aliphatic heterocycles. The zero-order valence-corrected chi connectivity index (χ0v) is 34.2. The van der Waals surface area contributed by atoms with E-state index in [1.54, 1.807) is 5.57 Å². The van der Waals surface area contributed by atoms with Crippen molar-refractivity contribution in [1.29, 1.82) is 0 Å². The van der Waals surface area contributed by atoms with Gasteiger partial charge in [-0.1, -0.05) is 144 Å². The first kappa shape index (κ1) is 40.3. The Balaban J connectivity index is 1.15. The first-order chi connectivity index (χ1) is 23.6. The van der Waals surface area contributed by atoms with E-state index in [0.717, 1.165) is 70.6 Å². The molecule has 8 atom stereocenters. The van der Waals surface area contributed by atoms with E-state index in [1.165, 1.54) is 82.6 Å². The summed E-state index contributed by atoms with van der Waals surface area (Å²) in [7, 11) is 0. The molecule has 4 fully saturated rings. The van der Waals surface area contributed by atoms with Crippen LogP contribution in [-0.2, 0) is 9.53 Å². The molecule has 5 aliphatic carbocycles. The second-order valence-corrected chi connectivity index (χ2v) is 20.6. The van der Waals surface area contributed by atoms with Crippen LogP contribution < -0.4 is 0 Å². The van der Waals surface area contributed by atoms with Gasteiger partial charge in [0.25, 0.3) is 0 Å². The quantitative estimate of drug-likeness (QED) is 0.0957. The van der Waals surface area contributed by atoms with Gasteiger partial charge in [-0.05, 0) is 104 Å². The number of carbonyl (C=O) groups excluding carboxylic acids is 1. The number of esters is 1. The van der Waals surface area contributed by atoms with Gasteiger partial charge in [-0.15, -0.1) is 0 Å². The highest BCUT2D eigenvalue weighted by Crippen LogP contribution is 2.75. The van der Waals surface area contributed by atoms with Crippen LogP contribution in [0.15, 0.2) is 11.1 Å². The molecule has 2 N–H and O–H groups in total. The lowest BCUT2D eigenvalue weighted by Crippen LogP contribution is -2.65. The van der Waals surface area contributed by atoms with Crippen molar-refractivity contribution < 1.29 is 19.7 Å². The first-order valence-electron chi connectivity index (χ1n) is 21.8. The van der Waals surface area contributed by atoms with E-state index < -0.39 is 11.5 Å². The van der Waals surface area contributed by atoms with Crippen LogP contribution in [0.5, 0.6) is 0 Å². The Hall–Kier alpha value is -0.870. The molecule has 288 valence electrons. The van der Waals surface area contributed by atoms with Gasteiger partial charge in [-0.25, -0.2) is 0 Å². The summed E-state index contributed by atoms with van der Waals surface area (Å²) in [6.07, 6.45) is 27.7. The van der Waals surface area contributed by atoms with Crippen molar-refractivity contribution in [2.24, 2.45) is 44.3 Å². The van der Waals surface area contributed by atoms with Gasteiger partial charge in [0.2, 0.25) is 0 Å². The molecule has 50 heavy (non-hydrogen) atoms. The maximum atomic E-state index is 13.2. The third-order valence-corrected chi connectivity index (χ3v) is 16.7. The summed E-state index contributed by atoms with van der Waals surface area (Å²) in [6.45, 7) is 19.6. The Bertz CT molecular complexity index is 1180. The van der Waals surface area contributed by atoms with Gasteiger partial charge in [0.15, 0.2) is 0 Å². The van der Waals surface area contributed by atoms with E-state index in [2.05, 4.69) is 55.4 Å². The number of hydrogen-bond donors (Lipinski definition) is 2. The molecular weight excluding hydrogens is 617 g/mol. The maximum absolute atomic E-state index is 13.2. The fraction of sp³-hybridized carbons (Fsp3) is 0.935. The molecule has 0 heterocycles. The lowest BCUT2D eigenvalue weighted by atomic mass is 9.34. The van der Waals surface area contributed by atoms with Crippen LogP contribution in [0.4, 0.5) is 0 Å². The molecule has 0 saturated heterocycles. The first-order valence-corrected chi connectivity index (χ1v) is 21.8. The summed E-state index contributed by atoms with van der Waals surface area (Å²) in [5.74, 6) is 1.12. The Labute approximate surface area is 308 Å². The smallest absolute Gasteiger partial charge is 0.306 e. The van der Waals surface area contributed by atoms with Gasteiger partial charge < -0.3 is 14.9 Å². The third-order valence-electron chi connectivity index (χ3n) is 16.7. The third kappa shape index (κ3) is 7.44. The Morgan fingerprint density at radius 3 is 1.92 bits per heavy atom. The van der Waals surface area contributed by atoms with E-state index >= 15 is 0 Å². The topological polar surface area (TPSA) is 66.8 Å². The highest BCUT2D eigenvalue weighted by atomic mass is 16.5. The summed E-state index contributed by atoms with van der Waals surface area (Å²) in [6, 6.07) is 0. The lowest BCUT2D eigenvalue weighted by molar-refractivity contribution is -0.219. The van der Waals surface area contributed by atoms with E-state index in [1.807, 2.05) is 0 Å². The van der Waals surface area contributed by atoms with Gasteiger partial charge in [0.1, 0.15) is 6.10 Å². The Morgan fingerprint density at radius 1 is 0.720 bits per heavy atom. The molecule has 4 saturated carbocycles. The lowest BCUT2D eigenvalue weighted by Gasteiger charge is -2.71. The van der Waals surface area contributed by atoms with Crippen molar-refractivity contribution in [3.05, 3.63) is 11.1 Å². The number of carbonyl (C=O) groups is 1. The number of unbranched alkanes of at least 4 members (excludes halogenated alkanes) is 12. The molecule has 4 heteroatoms. The summed E-state index contributed by atoms with van der Waals surface area (Å²) < 4.78 is 6.39. The minimum absolute atomic E-state index is 0.00223. The molecule has 0 spiro atoms.